The largest absolute Gasteiger partial charge is 1.00 e. The molecule has 0 radical (unpaired) electrons. The molecule has 0 bridgehead atoms. The molecule has 1 aliphatic carbocycles. The van der Waals surface area contributed by atoms with Crippen LogP contribution in [0.4, 0.5) is 9.59 Å². The quantitative estimate of drug-likeness (QED) is 0.0860. The van der Waals surface area contributed by atoms with E-state index in [0.717, 1.165) is 42.8 Å². The van der Waals surface area contributed by atoms with Crippen LogP contribution >= 0.6 is 0 Å². The number of ether oxygens (including phenoxy) is 2. The molecule has 1 aromatic heterocycles. The number of hydrogen-bond acceptors (Lipinski definition) is 5. The Morgan fingerprint density at radius 1 is 0.778 bits per heavy atom. The van der Waals surface area contributed by atoms with Gasteiger partial charge in [-0.15, -0.1) is 0 Å². The van der Waals surface area contributed by atoms with Crippen molar-refractivity contribution in [1.29, 1.82) is 0 Å². The second-order valence-corrected chi connectivity index (χ2v) is 12.7. The lowest BCUT2D eigenvalue weighted by atomic mass is 9.76. The Balaban J connectivity index is 0.0000101. The fourth-order valence-corrected chi connectivity index (χ4v) is 5.95. The van der Waals surface area contributed by atoms with E-state index in [1.807, 2.05) is 35.9 Å². The predicted molar refractivity (Wildman–Crippen MR) is 175 cm³/mol. The first-order valence-electron chi connectivity index (χ1n) is 17.8. The number of carbonyl (C=O) groups is 3. The SMILES string of the molecule is CCCCCCCCCCCCCCCCCCNC(=O)OC[C@H]1C[C@H](COC(=O)N(Cc2cccc[n+]2CC)C(C)=O)C1.[I-]. The van der Waals surface area contributed by atoms with Crippen molar-refractivity contribution in [3.05, 3.63) is 30.1 Å². The molecule has 1 aliphatic rings. The Morgan fingerprint density at radius 2 is 1.29 bits per heavy atom. The number of amides is 3. The highest BCUT2D eigenvalue weighted by atomic mass is 127. The summed E-state index contributed by atoms with van der Waals surface area (Å²) in [6.45, 7) is 7.92. The maximum Gasteiger partial charge on any atom is 0.417 e. The van der Waals surface area contributed by atoms with Gasteiger partial charge in [-0.3, -0.25) is 4.79 Å². The van der Waals surface area contributed by atoms with E-state index < -0.39 is 6.09 Å². The molecule has 8 nitrogen and oxygen atoms in total. The van der Waals surface area contributed by atoms with Gasteiger partial charge in [-0.2, -0.15) is 0 Å². The van der Waals surface area contributed by atoms with Crippen LogP contribution in [0.5, 0.6) is 0 Å². The molecule has 0 atom stereocenters. The van der Waals surface area contributed by atoms with Crippen molar-refractivity contribution >= 4 is 18.1 Å². The van der Waals surface area contributed by atoms with Gasteiger partial charge in [0.15, 0.2) is 6.20 Å². The van der Waals surface area contributed by atoms with E-state index in [-0.39, 0.29) is 61.0 Å². The summed E-state index contributed by atoms with van der Waals surface area (Å²) in [5.41, 5.74) is 0.871. The van der Waals surface area contributed by atoms with Crippen molar-refractivity contribution in [3.63, 3.8) is 0 Å². The molecular weight excluding hydrogens is 681 g/mol. The molecule has 3 amide bonds. The molecule has 0 aromatic carbocycles. The summed E-state index contributed by atoms with van der Waals surface area (Å²) >= 11 is 0. The number of hydrogen-bond donors (Lipinski definition) is 1. The number of nitrogens with one attached hydrogen (secondary N) is 1. The number of alkyl carbamates (subject to hydrolysis) is 1. The molecule has 1 fully saturated rings. The number of imide groups is 1. The number of carbonyl (C=O) groups excluding carboxylic acids is 3. The summed E-state index contributed by atoms with van der Waals surface area (Å²) in [6, 6.07) is 5.72. The third-order valence-electron chi connectivity index (χ3n) is 8.82. The molecule has 0 spiro atoms. The van der Waals surface area contributed by atoms with Crippen LogP contribution in [-0.2, 0) is 27.4 Å². The van der Waals surface area contributed by atoms with Crippen LogP contribution in [0.2, 0.25) is 0 Å². The predicted octanol–water partition coefficient (Wildman–Crippen LogP) is 5.50. The number of pyridine rings is 1. The molecule has 1 aromatic rings. The van der Waals surface area contributed by atoms with Crippen molar-refractivity contribution in [2.24, 2.45) is 11.8 Å². The summed E-state index contributed by atoms with van der Waals surface area (Å²) in [4.78, 5) is 37.9. The van der Waals surface area contributed by atoms with Gasteiger partial charge in [-0.25, -0.2) is 19.1 Å². The summed E-state index contributed by atoms with van der Waals surface area (Å²) in [6.07, 6.45) is 24.0. The highest BCUT2D eigenvalue weighted by molar-refractivity contribution is 5.90. The molecule has 9 heteroatoms. The van der Waals surface area contributed by atoms with Gasteiger partial charge in [-0.1, -0.05) is 109 Å². The molecule has 1 saturated carbocycles. The minimum Gasteiger partial charge on any atom is -1.00 e. The van der Waals surface area contributed by atoms with Gasteiger partial charge in [0.05, 0.1) is 13.2 Å². The second kappa shape index (κ2) is 26.2. The van der Waals surface area contributed by atoms with E-state index in [1.165, 1.54) is 96.8 Å². The Hall–Kier alpha value is -1.91. The lowest BCUT2D eigenvalue weighted by molar-refractivity contribution is -0.701. The maximum atomic E-state index is 12.6. The third-order valence-corrected chi connectivity index (χ3v) is 8.82. The van der Waals surface area contributed by atoms with Gasteiger partial charge in [0, 0.05) is 25.6 Å². The first-order valence-corrected chi connectivity index (χ1v) is 17.8. The first-order chi connectivity index (χ1) is 21.4. The molecule has 258 valence electrons. The summed E-state index contributed by atoms with van der Waals surface area (Å²) < 4.78 is 12.9. The Morgan fingerprint density at radius 3 is 1.80 bits per heavy atom. The molecule has 0 saturated heterocycles. The zero-order valence-electron chi connectivity index (χ0n) is 28.5. The topological polar surface area (TPSA) is 88.8 Å². The number of unbranched alkanes of at least 4 members (excludes halogenated alkanes) is 15. The summed E-state index contributed by atoms with van der Waals surface area (Å²) in [5.74, 6) is 0.176. The number of halogens is 1. The Labute approximate surface area is 290 Å². The molecule has 1 N–H and O–H groups in total. The highest BCUT2D eigenvalue weighted by Gasteiger charge is 2.32. The maximum absolute atomic E-state index is 12.6. The molecule has 45 heavy (non-hydrogen) atoms. The monoisotopic (exact) mass is 743 g/mol. The minimum atomic E-state index is -0.614. The fourth-order valence-electron chi connectivity index (χ4n) is 5.95. The Kier molecular flexibility index (Phi) is 23.9. The van der Waals surface area contributed by atoms with Gasteiger partial charge >= 0.3 is 12.2 Å². The van der Waals surface area contributed by atoms with Crippen molar-refractivity contribution in [1.82, 2.24) is 10.2 Å². The molecule has 0 unspecified atom stereocenters. The zero-order chi connectivity index (χ0) is 31.8. The van der Waals surface area contributed by atoms with Crippen molar-refractivity contribution < 1.29 is 52.4 Å². The second-order valence-electron chi connectivity index (χ2n) is 12.7. The minimum absolute atomic E-state index is 0. The van der Waals surface area contributed by atoms with E-state index in [9.17, 15) is 14.4 Å². The lowest BCUT2D eigenvalue weighted by Crippen LogP contribution is -3.00. The lowest BCUT2D eigenvalue weighted by Gasteiger charge is -2.34. The number of nitrogens with zero attached hydrogens (tertiary/aromatic N) is 2. The van der Waals surface area contributed by atoms with E-state index in [4.69, 9.17) is 9.47 Å². The van der Waals surface area contributed by atoms with Crippen LogP contribution in [0.25, 0.3) is 0 Å². The molecular formula is C36H62IN3O5. The van der Waals surface area contributed by atoms with E-state index in [0.29, 0.717) is 13.2 Å². The third kappa shape index (κ3) is 18.7. The standard InChI is InChI=1S/C36H61N3O5.HI/c1-4-6-7-8-9-10-11-12-13-14-15-16-17-18-19-21-24-37-35(41)43-29-32-26-33(27-32)30-44-36(42)39(31(3)40)28-34-23-20-22-25-38(34)5-2;/h20,22-23,25,32-33H,4-19,21,24,26-30H2,1-3H3;1H/t32-,33-;. The van der Waals surface area contributed by atoms with Crippen LogP contribution in [0.15, 0.2) is 24.4 Å². The van der Waals surface area contributed by atoms with Crippen LogP contribution in [0.3, 0.4) is 0 Å². The molecule has 2 rings (SSSR count). The zero-order valence-corrected chi connectivity index (χ0v) is 30.7. The number of aryl methyl sites for hydroxylation is 1. The van der Waals surface area contributed by atoms with Crippen LogP contribution in [0, 0.1) is 11.8 Å². The van der Waals surface area contributed by atoms with Crippen LogP contribution in [0.1, 0.15) is 142 Å². The van der Waals surface area contributed by atoms with Crippen molar-refractivity contribution in [2.45, 2.75) is 149 Å². The van der Waals surface area contributed by atoms with E-state index >= 15 is 0 Å². The highest BCUT2D eigenvalue weighted by Crippen LogP contribution is 2.34. The fraction of sp³-hybridized carbons (Fsp3) is 0.778. The van der Waals surface area contributed by atoms with Crippen LogP contribution < -0.4 is 33.9 Å². The summed E-state index contributed by atoms with van der Waals surface area (Å²) in [5, 5.41) is 2.87. The summed E-state index contributed by atoms with van der Waals surface area (Å²) in [7, 11) is 0. The van der Waals surface area contributed by atoms with E-state index in [2.05, 4.69) is 12.2 Å². The number of rotatable bonds is 24. The average Bonchev–Trinajstić information content (AvgIpc) is 3.00. The van der Waals surface area contributed by atoms with Crippen molar-refractivity contribution in [2.75, 3.05) is 19.8 Å². The van der Waals surface area contributed by atoms with Gasteiger partial charge in [-0.05, 0) is 38.0 Å². The van der Waals surface area contributed by atoms with Gasteiger partial charge in [0.25, 0.3) is 0 Å². The average molecular weight is 744 g/mol. The van der Waals surface area contributed by atoms with Gasteiger partial charge in [0.1, 0.15) is 13.1 Å². The van der Waals surface area contributed by atoms with Crippen LogP contribution in [-0.4, -0.2) is 42.8 Å². The van der Waals surface area contributed by atoms with Gasteiger partial charge in [0.2, 0.25) is 11.6 Å². The normalized spacial score (nSPS) is 15.4. The molecule has 0 aliphatic heterocycles. The Bertz CT molecular complexity index is 941. The van der Waals surface area contributed by atoms with Gasteiger partial charge < -0.3 is 38.8 Å². The van der Waals surface area contributed by atoms with E-state index in [1.54, 1.807) is 0 Å². The number of aromatic nitrogens is 1. The molecule has 1 heterocycles. The smallest absolute Gasteiger partial charge is 0.417 e. The van der Waals surface area contributed by atoms with Crippen molar-refractivity contribution in [3.8, 4) is 0 Å². The first kappa shape index (κ1) is 41.1.